The maximum absolute atomic E-state index is 13.4. The third-order valence-corrected chi connectivity index (χ3v) is 4.25. The number of carbonyl (C=O) groups is 4. The monoisotopic (exact) mass is 459 g/mol. The van der Waals surface area contributed by atoms with Crippen LogP contribution in [0.2, 0.25) is 0 Å². The standard InChI is InChI=1S/C18H26F5N3O5/c1-9(2)12(13(28)17(19,20)18(21,22)23)25-11(27)8-26-7-6-10(14(26)29)24-15(30)31-16(3,4)5/h9-10,12H,6-8H2,1-5H3,(H,24,30)(H,25,27)/t10-,12?/m0/s1. The fraction of sp³-hybridized carbons (Fsp3) is 0.778. The van der Waals surface area contributed by atoms with Gasteiger partial charge >= 0.3 is 18.2 Å². The van der Waals surface area contributed by atoms with Crippen molar-refractivity contribution in [3.63, 3.8) is 0 Å². The molecule has 3 amide bonds. The molecule has 13 heteroatoms. The Kier molecular flexibility index (Phi) is 8.01. The van der Waals surface area contributed by atoms with Crippen LogP contribution in [-0.2, 0) is 19.1 Å². The lowest BCUT2D eigenvalue weighted by molar-refractivity contribution is -0.269. The summed E-state index contributed by atoms with van der Waals surface area (Å²) in [6.07, 6.45) is -6.82. The second-order valence-electron chi connectivity index (χ2n) is 8.47. The lowest BCUT2D eigenvalue weighted by atomic mass is 9.95. The molecule has 1 unspecified atom stereocenters. The van der Waals surface area contributed by atoms with Gasteiger partial charge in [0.1, 0.15) is 11.6 Å². The number of alkyl halides is 5. The Bertz CT molecular complexity index is 718. The highest BCUT2D eigenvalue weighted by molar-refractivity contribution is 5.96. The number of alkyl carbamates (subject to hydrolysis) is 1. The van der Waals surface area contributed by atoms with Gasteiger partial charge in [-0.3, -0.25) is 14.4 Å². The molecule has 2 N–H and O–H groups in total. The third-order valence-electron chi connectivity index (χ3n) is 4.25. The van der Waals surface area contributed by atoms with Gasteiger partial charge in [-0.25, -0.2) is 4.79 Å². The fourth-order valence-corrected chi connectivity index (χ4v) is 2.74. The SMILES string of the molecule is CC(C)C(NC(=O)CN1CC[C@H](NC(=O)OC(C)(C)C)C1=O)C(=O)C(F)(F)C(F)(F)F. The normalized spacial score (nSPS) is 18.7. The van der Waals surface area contributed by atoms with Crippen molar-refractivity contribution in [2.24, 2.45) is 5.92 Å². The van der Waals surface area contributed by atoms with Crippen molar-refractivity contribution in [1.82, 2.24) is 15.5 Å². The number of ether oxygens (including phenoxy) is 1. The summed E-state index contributed by atoms with van der Waals surface area (Å²) in [5.74, 6) is -10.9. The number of amides is 3. The molecule has 0 aromatic heterocycles. The summed E-state index contributed by atoms with van der Waals surface area (Å²) in [4.78, 5) is 49.0. The summed E-state index contributed by atoms with van der Waals surface area (Å²) in [5, 5.41) is 4.19. The molecule has 1 saturated heterocycles. The van der Waals surface area contributed by atoms with E-state index in [4.69, 9.17) is 4.74 Å². The van der Waals surface area contributed by atoms with Crippen LogP contribution in [0.15, 0.2) is 0 Å². The first-order valence-electron chi connectivity index (χ1n) is 9.43. The number of carbonyl (C=O) groups excluding carboxylic acids is 4. The van der Waals surface area contributed by atoms with Crippen molar-refractivity contribution in [2.75, 3.05) is 13.1 Å². The molecule has 8 nitrogen and oxygen atoms in total. The summed E-state index contributed by atoms with van der Waals surface area (Å²) in [6.45, 7) is 6.58. The summed E-state index contributed by atoms with van der Waals surface area (Å²) in [5.41, 5.74) is -0.803. The van der Waals surface area contributed by atoms with Crippen molar-refractivity contribution < 1.29 is 45.9 Å². The predicted octanol–water partition coefficient (Wildman–Crippen LogP) is 2.02. The zero-order valence-electron chi connectivity index (χ0n) is 17.7. The summed E-state index contributed by atoms with van der Waals surface area (Å²) in [6, 6.07) is -3.10. The molecular weight excluding hydrogens is 433 g/mol. The van der Waals surface area contributed by atoms with Gasteiger partial charge in [-0.05, 0) is 33.1 Å². The van der Waals surface area contributed by atoms with Gasteiger partial charge in [0.15, 0.2) is 0 Å². The van der Waals surface area contributed by atoms with Crippen LogP contribution in [0.3, 0.4) is 0 Å². The Morgan fingerprint density at radius 1 is 1.13 bits per heavy atom. The molecule has 1 fully saturated rings. The first-order valence-corrected chi connectivity index (χ1v) is 9.43. The first-order chi connectivity index (χ1) is 13.9. The van der Waals surface area contributed by atoms with E-state index in [1.165, 1.54) is 13.8 Å². The molecule has 1 rings (SSSR count). The van der Waals surface area contributed by atoms with Gasteiger partial charge in [-0.15, -0.1) is 0 Å². The van der Waals surface area contributed by atoms with Crippen molar-refractivity contribution in [2.45, 2.75) is 70.8 Å². The predicted molar refractivity (Wildman–Crippen MR) is 97.1 cm³/mol. The van der Waals surface area contributed by atoms with Gasteiger partial charge in [0.05, 0.1) is 12.6 Å². The molecular formula is C18H26F5N3O5. The molecule has 2 atom stereocenters. The molecule has 0 saturated carbocycles. The van der Waals surface area contributed by atoms with E-state index in [0.29, 0.717) is 0 Å². The Labute approximate surface area is 175 Å². The zero-order valence-corrected chi connectivity index (χ0v) is 17.7. The van der Waals surface area contributed by atoms with Crippen LogP contribution < -0.4 is 10.6 Å². The summed E-state index contributed by atoms with van der Waals surface area (Å²) in [7, 11) is 0. The minimum Gasteiger partial charge on any atom is -0.444 e. The minimum atomic E-state index is -6.10. The number of halogens is 5. The van der Waals surface area contributed by atoms with Gasteiger partial charge in [-0.2, -0.15) is 22.0 Å². The molecule has 178 valence electrons. The van der Waals surface area contributed by atoms with Crippen molar-refractivity contribution in [3.05, 3.63) is 0 Å². The number of likely N-dealkylation sites (tertiary alicyclic amines) is 1. The maximum Gasteiger partial charge on any atom is 0.461 e. The topological polar surface area (TPSA) is 105 Å². The van der Waals surface area contributed by atoms with E-state index in [9.17, 15) is 41.1 Å². The van der Waals surface area contributed by atoms with Crippen molar-refractivity contribution in [1.29, 1.82) is 0 Å². The van der Waals surface area contributed by atoms with Crippen molar-refractivity contribution >= 4 is 23.7 Å². The molecule has 0 aliphatic carbocycles. The molecule has 31 heavy (non-hydrogen) atoms. The van der Waals surface area contributed by atoms with Crippen LogP contribution >= 0.6 is 0 Å². The van der Waals surface area contributed by atoms with Gasteiger partial charge in [0, 0.05) is 6.54 Å². The number of ketones is 1. The van der Waals surface area contributed by atoms with E-state index in [0.717, 1.165) is 4.90 Å². The summed E-state index contributed by atoms with van der Waals surface area (Å²) < 4.78 is 69.3. The minimum absolute atomic E-state index is 0.0196. The molecule has 0 aromatic rings. The number of hydrogen-bond donors (Lipinski definition) is 2. The van der Waals surface area contributed by atoms with Crippen molar-refractivity contribution in [3.8, 4) is 0 Å². The smallest absolute Gasteiger partial charge is 0.444 e. The van der Waals surface area contributed by atoms with Crippen LogP contribution in [0, 0.1) is 5.92 Å². The molecule has 0 radical (unpaired) electrons. The van der Waals surface area contributed by atoms with Crippen LogP contribution in [0.1, 0.15) is 41.0 Å². The molecule has 1 heterocycles. The Hall–Kier alpha value is -2.47. The average Bonchev–Trinajstić information content (AvgIpc) is 2.89. The van der Waals surface area contributed by atoms with E-state index in [1.54, 1.807) is 20.8 Å². The number of nitrogens with zero attached hydrogens (tertiary/aromatic N) is 1. The number of nitrogens with one attached hydrogen (secondary N) is 2. The van der Waals surface area contributed by atoms with E-state index in [-0.39, 0.29) is 13.0 Å². The fourth-order valence-electron chi connectivity index (χ4n) is 2.74. The van der Waals surface area contributed by atoms with Crippen LogP contribution in [-0.4, -0.2) is 71.5 Å². The average molecular weight is 459 g/mol. The summed E-state index contributed by atoms with van der Waals surface area (Å²) >= 11 is 0. The van der Waals surface area contributed by atoms with Crippen LogP contribution in [0.4, 0.5) is 26.7 Å². The second-order valence-corrected chi connectivity index (χ2v) is 8.47. The van der Waals surface area contributed by atoms with Gasteiger partial charge in [0.2, 0.25) is 17.6 Å². The number of rotatable bonds is 7. The Morgan fingerprint density at radius 2 is 1.68 bits per heavy atom. The largest absolute Gasteiger partial charge is 0.461 e. The molecule has 0 spiro atoms. The van der Waals surface area contributed by atoms with E-state index in [1.807, 2.05) is 5.32 Å². The van der Waals surface area contributed by atoms with E-state index < -0.39 is 65.9 Å². The van der Waals surface area contributed by atoms with Gasteiger partial charge in [0.25, 0.3) is 0 Å². The quantitative estimate of drug-likeness (QED) is 0.567. The van der Waals surface area contributed by atoms with Crippen LogP contribution in [0.5, 0.6) is 0 Å². The highest BCUT2D eigenvalue weighted by atomic mass is 19.4. The zero-order chi connectivity index (χ0) is 24.4. The van der Waals surface area contributed by atoms with Gasteiger partial charge < -0.3 is 20.3 Å². The molecule has 1 aliphatic heterocycles. The molecule has 0 aromatic carbocycles. The lowest BCUT2D eigenvalue weighted by Crippen LogP contribution is -2.57. The van der Waals surface area contributed by atoms with E-state index >= 15 is 0 Å². The van der Waals surface area contributed by atoms with E-state index in [2.05, 4.69) is 5.32 Å². The number of Topliss-reactive ketones (excluding diaryl/α,β-unsaturated/α-hetero) is 1. The highest BCUT2D eigenvalue weighted by Gasteiger charge is 2.64. The first kappa shape index (κ1) is 26.6. The Morgan fingerprint density at radius 3 is 2.13 bits per heavy atom. The Balaban J connectivity index is 2.75. The maximum atomic E-state index is 13.4. The third kappa shape index (κ3) is 7.03. The second kappa shape index (κ2) is 9.35. The molecule has 1 aliphatic rings. The highest BCUT2D eigenvalue weighted by Crippen LogP contribution is 2.37. The lowest BCUT2D eigenvalue weighted by Gasteiger charge is -2.27. The van der Waals surface area contributed by atoms with Gasteiger partial charge in [-0.1, -0.05) is 13.8 Å². The number of hydrogen-bond acceptors (Lipinski definition) is 5. The van der Waals surface area contributed by atoms with Crippen LogP contribution in [0.25, 0.3) is 0 Å². The molecule has 0 bridgehead atoms.